The second-order valence-corrected chi connectivity index (χ2v) is 5.29. The number of hydrogen-bond donors (Lipinski definition) is 2. The normalized spacial score (nSPS) is 12.6. The van der Waals surface area contributed by atoms with Crippen molar-refractivity contribution in [2.75, 3.05) is 0 Å². The van der Waals surface area contributed by atoms with Crippen molar-refractivity contribution in [2.24, 2.45) is 0 Å². The molecule has 0 bridgehead atoms. The first-order valence-electron chi connectivity index (χ1n) is 7.26. The maximum absolute atomic E-state index is 12.4. The van der Waals surface area contributed by atoms with Gasteiger partial charge in [-0.1, -0.05) is 12.1 Å². The highest BCUT2D eigenvalue weighted by atomic mass is 16.2. The number of benzene rings is 1. The first kappa shape index (κ1) is 13.4. The first-order valence-corrected chi connectivity index (χ1v) is 7.26. The predicted octanol–water partition coefficient (Wildman–Crippen LogP) is 2.10. The molecule has 1 amide bonds. The lowest BCUT2D eigenvalue weighted by atomic mass is 10.3. The lowest BCUT2D eigenvalue weighted by Gasteiger charge is -2.09. The Morgan fingerprint density at radius 3 is 2.96 bits per heavy atom. The van der Waals surface area contributed by atoms with Gasteiger partial charge in [0.25, 0.3) is 5.91 Å². The predicted molar refractivity (Wildman–Crippen MR) is 85.0 cm³/mol. The van der Waals surface area contributed by atoms with E-state index in [2.05, 4.69) is 25.3 Å². The van der Waals surface area contributed by atoms with Gasteiger partial charge in [-0.05, 0) is 25.1 Å². The summed E-state index contributed by atoms with van der Waals surface area (Å²) < 4.78 is 1.71. The minimum atomic E-state index is -0.261. The molecule has 0 aliphatic carbocycles. The number of hydrogen-bond acceptors (Lipinski definition) is 4. The molecule has 2 N–H and O–H groups in total. The maximum atomic E-state index is 12.4. The Bertz CT molecular complexity index is 936. The van der Waals surface area contributed by atoms with E-state index < -0.39 is 0 Å². The fraction of sp³-hybridized carbons (Fsp3) is 0.125. The molecule has 1 aromatic carbocycles. The maximum Gasteiger partial charge on any atom is 0.272 e. The largest absolute Gasteiger partial charge is 0.341 e. The Kier molecular flexibility index (Phi) is 3.04. The fourth-order valence-electron chi connectivity index (χ4n) is 2.46. The third-order valence-corrected chi connectivity index (χ3v) is 3.63. The average Bonchev–Trinajstić information content (AvgIpc) is 3.18. The van der Waals surface area contributed by atoms with Crippen molar-refractivity contribution in [3.8, 4) is 0 Å². The van der Waals surface area contributed by atoms with Crippen LogP contribution in [0.4, 0.5) is 0 Å². The summed E-state index contributed by atoms with van der Waals surface area (Å²) >= 11 is 0. The number of imidazole rings is 2. The molecule has 1 unspecified atom stereocenters. The van der Waals surface area contributed by atoms with Crippen molar-refractivity contribution in [2.45, 2.75) is 13.0 Å². The third-order valence-electron chi connectivity index (χ3n) is 3.63. The smallest absolute Gasteiger partial charge is 0.272 e. The van der Waals surface area contributed by atoms with Crippen LogP contribution in [0.3, 0.4) is 0 Å². The van der Waals surface area contributed by atoms with Gasteiger partial charge in [0.1, 0.15) is 11.5 Å². The SMILES string of the molecule is CC(NC(=O)c1cn2cccnc2n1)c1nc2ccccc2[nH]1. The number of nitrogens with zero attached hydrogens (tertiary/aromatic N) is 4. The van der Waals surface area contributed by atoms with E-state index in [4.69, 9.17) is 0 Å². The Hall–Kier alpha value is -3.22. The minimum Gasteiger partial charge on any atom is -0.341 e. The van der Waals surface area contributed by atoms with Gasteiger partial charge in [-0.15, -0.1) is 0 Å². The first-order chi connectivity index (χ1) is 11.2. The van der Waals surface area contributed by atoms with Crippen LogP contribution in [0, 0.1) is 0 Å². The van der Waals surface area contributed by atoms with Crippen molar-refractivity contribution in [1.82, 2.24) is 29.7 Å². The van der Waals surface area contributed by atoms with Gasteiger partial charge in [-0.3, -0.25) is 9.20 Å². The summed E-state index contributed by atoms with van der Waals surface area (Å²) in [6.45, 7) is 1.88. The molecular weight excluding hydrogens is 292 g/mol. The summed E-state index contributed by atoms with van der Waals surface area (Å²) in [5, 5.41) is 2.90. The van der Waals surface area contributed by atoms with Crippen LogP contribution in [-0.2, 0) is 0 Å². The molecule has 4 aromatic rings. The van der Waals surface area contributed by atoms with E-state index >= 15 is 0 Å². The topological polar surface area (TPSA) is 88.0 Å². The van der Waals surface area contributed by atoms with Crippen LogP contribution in [0.2, 0.25) is 0 Å². The summed E-state index contributed by atoms with van der Waals surface area (Å²) in [4.78, 5) is 28.4. The lowest BCUT2D eigenvalue weighted by Crippen LogP contribution is -2.27. The number of H-pyrrole nitrogens is 1. The molecule has 7 heteroatoms. The molecule has 4 rings (SSSR count). The van der Waals surface area contributed by atoms with Gasteiger partial charge < -0.3 is 10.3 Å². The average molecular weight is 306 g/mol. The molecule has 23 heavy (non-hydrogen) atoms. The van der Waals surface area contributed by atoms with Crippen LogP contribution in [-0.4, -0.2) is 30.2 Å². The van der Waals surface area contributed by atoms with E-state index in [1.807, 2.05) is 31.2 Å². The molecule has 3 heterocycles. The Balaban J connectivity index is 1.57. The molecule has 0 aliphatic heterocycles. The second kappa shape index (κ2) is 5.20. The van der Waals surface area contributed by atoms with Crippen LogP contribution in [0.5, 0.6) is 0 Å². The third kappa shape index (κ3) is 2.42. The number of para-hydroxylation sites is 2. The number of carbonyl (C=O) groups is 1. The van der Waals surface area contributed by atoms with Crippen molar-refractivity contribution in [1.29, 1.82) is 0 Å². The Morgan fingerprint density at radius 2 is 2.13 bits per heavy atom. The van der Waals surface area contributed by atoms with Gasteiger partial charge in [0.2, 0.25) is 5.78 Å². The minimum absolute atomic E-state index is 0.257. The van der Waals surface area contributed by atoms with Gasteiger partial charge in [0, 0.05) is 18.6 Å². The van der Waals surface area contributed by atoms with E-state index in [1.54, 1.807) is 29.1 Å². The van der Waals surface area contributed by atoms with Gasteiger partial charge in [0.05, 0.1) is 17.1 Å². The van der Waals surface area contributed by atoms with Crippen molar-refractivity contribution in [3.05, 3.63) is 60.4 Å². The van der Waals surface area contributed by atoms with Gasteiger partial charge in [0.15, 0.2) is 0 Å². The highest BCUT2D eigenvalue weighted by Gasteiger charge is 2.17. The summed E-state index contributed by atoms with van der Waals surface area (Å²) in [5.74, 6) is 0.943. The zero-order valence-electron chi connectivity index (χ0n) is 12.4. The molecule has 0 radical (unpaired) electrons. The quantitative estimate of drug-likeness (QED) is 0.606. The van der Waals surface area contributed by atoms with Gasteiger partial charge in [-0.25, -0.2) is 15.0 Å². The molecule has 3 aromatic heterocycles. The van der Waals surface area contributed by atoms with E-state index in [0.717, 1.165) is 11.0 Å². The number of carbonyl (C=O) groups excluding carboxylic acids is 1. The molecule has 7 nitrogen and oxygen atoms in total. The molecule has 114 valence electrons. The van der Waals surface area contributed by atoms with E-state index in [-0.39, 0.29) is 11.9 Å². The standard InChI is InChI=1S/C16H14N6O/c1-10(14-19-11-5-2-3-6-12(11)20-14)18-15(23)13-9-22-8-4-7-17-16(22)21-13/h2-10H,1H3,(H,18,23)(H,19,20). The van der Waals surface area contributed by atoms with Crippen molar-refractivity contribution < 1.29 is 4.79 Å². The van der Waals surface area contributed by atoms with Crippen LogP contribution in [0.1, 0.15) is 29.3 Å². The monoisotopic (exact) mass is 306 g/mol. The van der Waals surface area contributed by atoms with Gasteiger partial charge >= 0.3 is 0 Å². The molecule has 0 aliphatic rings. The van der Waals surface area contributed by atoms with E-state index in [9.17, 15) is 4.79 Å². The zero-order valence-corrected chi connectivity index (χ0v) is 12.4. The summed E-state index contributed by atoms with van der Waals surface area (Å²) in [6.07, 6.45) is 5.10. The van der Waals surface area contributed by atoms with E-state index in [1.165, 1.54) is 0 Å². The summed E-state index contributed by atoms with van der Waals surface area (Å²) in [7, 11) is 0. The zero-order chi connectivity index (χ0) is 15.8. The van der Waals surface area contributed by atoms with Gasteiger partial charge in [-0.2, -0.15) is 0 Å². The highest BCUT2D eigenvalue weighted by molar-refractivity contribution is 5.93. The molecule has 1 atom stereocenters. The molecule has 0 saturated carbocycles. The van der Waals surface area contributed by atoms with Crippen LogP contribution >= 0.6 is 0 Å². The van der Waals surface area contributed by atoms with Crippen LogP contribution < -0.4 is 5.32 Å². The van der Waals surface area contributed by atoms with E-state index in [0.29, 0.717) is 17.3 Å². The van der Waals surface area contributed by atoms with Crippen LogP contribution in [0.25, 0.3) is 16.8 Å². The number of amides is 1. The number of nitrogens with one attached hydrogen (secondary N) is 2. The Morgan fingerprint density at radius 1 is 1.26 bits per heavy atom. The van der Waals surface area contributed by atoms with Crippen molar-refractivity contribution >= 4 is 22.7 Å². The number of aromatic amines is 1. The van der Waals surface area contributed by atoms with Crippen molar-refractivity contribution in [3.63, 3.8) is 0 Å². The highest BCUT2D eigenvalue weighted by Crippen LogP contribution is 2.16. The van der Waals surface area contributed by atoms with Crippen LogP contribution in [0.15, 0.2) is 48.9 Å². The molecular formula is C16H14N6O. The summed E-state index contributed by atoms with van der Waals surface area (Å²) in [5.41, 5.74) is 2.15. The number of fused-ring (bicyclic) bond motifs is 2. The Labute approximate surface area is 131 Å². The number of rotatable bonds is 3. The summed E-state index contributed by atoms with van der Waals surface area (Å²) in [6, 6.07) is 9.28. The lowest BCUT2D eigenvalue weighted by molar-refractivity contribution is 0.0934. The fourth-order valence-corrected chi connectivity index (χ4v) is 2.46. The molecule has 0 saturated heterocycles. The number of aromatic nitrogens is 5. The second-order valence-electron chi connectivity index (χ2n) is 5.29. The molecule has 0 fully saturated rings. The molecule has 0 spiro atoms.